The summed E-state index contributed by atoms with van der Waals surface area (Å²) in [6, 6.07) is -2.48. The van der Waals surface area contributed by atoms with Gasteiger partial charge in [-0.1, -0.05) is 13.3 Å². The molecule has 1 fully saturated rings. The van der Waals surface area contributed by atoms with E-state index >= 15 is 0 Å². The van der Waals surface area contributed by atoms with E-state index in [1.807, 2.05) is 0 Å². The summed E-state index contributed by atoms with van der Waals surface area (Å²) in [7, 11) is 0. The fourth-order valence-electron chi connectivity index (χ4n) is 2.50. The van der Waals surface area contributed by atoms with Crippen molar-refractivity contribution >= 4 is 29.8 Å². The molecule has 12 heteroatoms. The van der Waals surface area contributed by atoms with E-state index in [-0.39, 0.29) is 13.0 Å². The first-order chi connectivity index (χ1) is 14.4. The predicted molar refractivity (Wildman–Crippen MR) is 106 cm³/mol. The van der Waals surface area contributed by atoms with Gasteiger partial charge in [0.1, 0.15) is 17.7 Å². The van der Waals surface area contributed by atoms with Crippen molar-refractivity contribution < 1.29 is 43.3 Å². The highest BCUT2D eigenvalue weighted by molar-refractivity contribution is 5.93. The lowest BCUT2D eigenvalue weighted by Gasteiger charge is -2.24. The zero-order chi connectivity index (χ0) is 23.8. The van der Waals surface area contributed by atoms with Crippen molar-refractivity contribution in [2.45, 2.75) is 77.4 Å². The van der Waals surface area contributed by atoms with Crippen LogP contribution in [0, 0.1) is 0 Å². The Bertz CT molecular complexity index is 690. The molecule has 4 N–H and O–H groups in total. The molecule has 12 nitrogen and oxygen atoms in total. The quantitative estimate of drug-likeness (QED) is 0.246. The van der Waals surface area contributed by atoms with Crippen molar-refractivity contribution in [3.8, 4) is 0 Å². The number of carbonyl (C=O) groups excluding carboxylic acids is 4. The van der Waals surface area contributed by atoms with Gasteiger partial charge in [0.15, 0.2) is 12.2 Å². The van der Waals surface area contributed by atoms with Crippen LogP contribution in [0.4, 0.5) is 4.79 Å². The molecule has 1 rings (SSSR count). The van der Waals surface area contributed by atoms with Crippen LogP contribution >= 0.6 is 0 Å². The van der Waals surface area contributed by atoms with Gasteiger partial charge in [0.05, 0.1) is 6.61 Å². The molecular formula is C19H31N3O9. The number of rotatable bonds is 11. The Balaban J connectivity index is 2.62. The minimum atomic E-state index is -1.46. The van der Waals surface area contributed by atoms with E-state index in [1.54, 1.807) is 34.6 Å². The van der Waals surface area contributed by atoms with Crippen molar-refractivity contribution in [2.24, 2.45) is 0 Å². The molecule has 176 valence electrons. The van der Waals surface area contributed by atoms with Crippen molar-refractivity contribution in [3.05, 3.63) is 0 Å². The number of aliphatic carboxylic acids is 1. The van der Waals surface area contributed by atoms with E-state index in [0.717, 1.165) is 0 Å². The van der Waals surface area contributed by atoms with Crippen LogP contribution in [-0.4, -0.2) is 78.0 Å². The molecule has 1 heterocycles. The lowest BCUT2D eigenvalue weighted by atomic mass is 10.1. The summed E-state index contributed by atoms with van der Waals surface area (Å²) in [6.07, 6.45) is -2.11. The van der Waals surface area contributed by atoms with Gasteiger partial charge in [-0.25, -0.2) is 14.4 Å². The number of alkyl carbamates (subject to hydrolysis) is 1. The van der Waals surface area contributed by atoms with Crippen molar-refractivity contribution in [1.82, 2.24) is 16.0 Å². The molecule has 0 aromatic heterocycles. The van der Waals surface area contributed by atoms with Gasteiger partial charge < -0.3 is 35.3 Å². The van der Waals surface area contributed by atoms with Crippen molar-refractivity contribution in [1.29, 1.82) is 0 Å². The predicted octanol–water partition coefficient (Wildman–Crippen LogP) is -0.304. The normalized spacial score (nSPS) is 19.4. The van der Waals surface area contributed by atoms with E-state index in [0.29, 0.717) is 6.42 Å². The summed E-state index contributed by atoms with van der Waals surface area (Å²) >= 11 is 0. The first kappa shape index (κ1) is 26.1. The highest BCUT2D eigenvalue weighted by Crippen LogP contribution is 2.23. The zero-order valence-corrected chi connectivity index (χ0v) is 18.4. The van der Waals surface area contributed by atoms with Crippen LogP contribution in [0.5, 0.6) is 0 Å². The molecule has 0 radical (unpaired) electrons. The first-order valence-corrected chi connectivity index (χ1v) is 10.0. The molecule has 0 aromatic carbocycles. The summed E-state index contributed by atoms with van der Waals surface area (Å²) in [5, 5.41) is 16.4. The third-order valence-electron chi connectivity index (χ3n) is 3.95. The molecule has 2 unspecified atom stereocenters. The van der Waals surface area contributed by atoms with E-state index in [1.165, 1.54) is 0 Å². The van der Waals surface area contributed by atoms with Gasteiger partial charge in [0, 0.05) is 6.54 Å². The number of nitrogens with one attached hydrogen (secondary N) is 3. The Morgan fingerprint density at radius 1 is 1.03 bits per heavy atom. The van der Waals surface area contributed by atoms with Gasteiger partial charge in [-0.05, 0) is 34.1 Å². The molecule has 3 amide bonds. The summed E-state index contributed by atoms with van der Waals surface area (Å²) in [4.78, 5) is 59.5. The molecule has 31 heavy (non-hydrogen) atoms. The Kier molecular flexibility index (Phi) is 9.69. The average Bonchev–Trinajstić information content (AvgIpc) is 3.43. The number of hydrogen-bond donors (Lipinski definition) is 4. The third-order valence-corrected chi connectivity index (χ3v) is 3.95. The molecule has 1 aliphatic rings. The molecule has 4 atom stereocenters. The zero-order valence-electron chi connectivity index (χ0n) is 18.4. The Labute approximate surface area is 180 Å². The maximum atomic E-state index is 12.5. The Hall–Kier alpha value is -2.89. The standard InChI is InChI=1S/C19H31N3O9/c1-6-8-10(22-18(28)31-19(3,4)5)14(23)21-11(16(25)26)9-20-15(24)12-13(30-12)17(27)29-7-2/h10-13H,6-9H2,1-5H3,(H,20,24)(H,21,23)(H,22,28)(H,25,26)/t10-,11-,12?,13?/m0/s1. The van der Waals surface area contributed by atoms with E-state index in [4.69, 9.17) is 14.2 Å². The maximum Gasteiger partial charge on any atom is 0.408 e. The minimum absolute atomic E-state index is 0.135. The van der Waals surface area contributed by atoms with E-state index in [9.17, 15) is 29.1 Å². The van der Waals surface area contributed by atoms with Crippen LogP contribution < -0.4 is 16.0 Å². The van der Waals surface area contributed by atoms with Gasteiger partial charge in [0.25, 0.3) is 5.91 Å². The summed E-state index contributed by atoms with van der Waals surface area (Å²) in [5.41, 5.74) is -0.766. The highest BCUT2D eigenvalue weighted by atomic mass is 16.6. The molecule has 0 spiro atoms. The second kappa shape index (κ2) is 11.5. The SMILES string of the molecule is CCC[C@H](NC(=O)OC(C)(C)C)C(=O)N[C@@H](CNC(=O)C1OC1C(=O)OCC)C(=O)O. The van der Waals surface area contributed by atoms with Gasteiger partial charge >= 0.3 is 18.0 Å². The van der Waals surface area contributed by atoms with Crippen molar-refractivity contribution in [3.63, 3.8) is 0 Å². The minimum Gasteiger partial charge on any atom is -0.480 e. The number of amides is 3. The van der Waals surface area contributed by atoms with E-state index < -0.39 is 66.3 Å². The highest BCUT2D eigenvalue weighted by Gasteiger charge is 2.51. The van der Waals surface area contributed by atoms with Gasteiger partial charge in [-0.15, -0.1) is 0 Å². The summed E-state index contributed by atoms with van der Waals surface area (Å²) in [6.45, 7) is 8.10. The fourth-order valence-corrected chi connectivity index (χ4v) is 2.50. The van der Waals surface area contributed by atoms with Crippen LogP contribution in [0.2, 0.25) is 0 Å². The fraction of sp³-hybridized carbons (Fsp3) is 0.737. The lowest BCUT2D eigenvalue weighted by molar-refractivity contribution is -0.145. The second-order valence-corrected chi connectivity index (χ2v) is 7.86. The number of carbonyl (C=O) groups is 5. The summed E-state index contributed by atoms with van der Waals surface area (Å²) in [5.74, 6) is -3.50. The number of ether oxygens (including phenoxy) is 3. The first-order valence-electron chi connectivity index (χ1n) is 10.0. The Morgan fingerprint density at radius 2 is 1.68 bits per heavy atom. The molecular weight excluding hydrogens is 414 g/mol. The monoisotopic (exact) mass is 445 g/mol. The van der Waals surface area contributed by atoms with Crippen LogP contribution in [0.25, 0.3) is 0 Å². The number of carboxylic acids is 1. The molecule has 0 aliphatic carbocycles. The molecule has 1 saturated heterocycles. The van der Waals surface area contributed by atoms with Crippen LogP contribution in [0.1, 0.15) is 47.5 Å². The van der Waals surface area contributed by atoms with Crippen LogP contribution in [0.15, 0.2) is 0 Å². The smallest absolute Gasteiger partial charge is 0.408 e. The van der Waals surface area contributed by atoms with Gasteiger partial charge in [-0.2, -0.15) is 0 Å². The van der Waals surface area contributed by atoms with Crippen LogP contribution in [0.3, 0.4) is 0 Å². The van der Waals surface area contributed by atoms with Gasteiger partial charge in [-0.3, -0.25) is 9.59 Å². The van der Waals surface area contributed by atoms with E-state index in [2.05, 4.69) is 16.0 Å². The summed E-state index contributed by atoms with van der Waals surface area (Å²) < 4.78 is 14.8. The number of hydrogen-bond acceptors (Lipinski definition) is 8. The Morgan fingerprint density at radius 3 is 2.19 bits per heavy atom. The number of carboxylic acid groups (broad SMARTS) is 1. The number of epoxide rings is 1. The maximum absolute atomic E-state index is 12.5. The average molecular weight is 445 g/mol. The molecule has 0 saturated carbocycles. The largest absolute Gasteiger partial charge is 0.480 e. The molecule has 0 bridgehead atoms. The molecule has 1 aliphatic heterocycles. The second-order valence-electron chi connectivity index (χ2n) is 7.86. The lowest BCUT2D eigenvalue weighted by Crippen LogP contribution is -2.55. The third kappa shape index (κ3) is 9.20. The topological polar surface area (TPSA) is 173 Å². The molecule has 0 aromatic rings. The number of esters is 1. The van der Waals surface area contributed by atoms with Gasteiger partial charge in [0.2, 0.25) is 5.91 Å². The van der Waals surface area contributed by atoms with Crippen LogP contribution in [-0.2, 0) is 33.4 Å². The van der Waals surface area contributed by atoms with Crippen molar-refractivity contribution in [2.75, 3.05) is 13.2 Å².